The average Bonchev–Trinajstić information content (AvgIpc) is 2.54. The molecule has 4 nitrogen and oxygen atoms in total. The molecule has 2 aromatic carbocycles. The van der Waals surface area contributed by atoms with Crippen LogP contribution in [0.4, 0.5) is 4.39 Å². The first-order valence-corrected chi connectivity index (χ1v) is 6.94. The van der Waals surface area contributed by atoms with Gasteiger partial charge in [-0.05, 0) is 29.8 Å². The third kappa shape index (κ3) is 4.56. The Bertz CT molecular complexity index is 614. The van der Waals surface area contributed by atoms with Gasteiger partial charge in [0.2, 0.25) is 0 Å². The highest BCUT2D eigenvalue weighted by atomic mass is 19.1. The Morgan fingerprint density at radius 1 is 1.09 bits per heavy atom. The van der Waals surface area contributed by atoms with Gasteiger partial charge in [0.15, 0.2) is 0 Å². The Morgan fingerprint density at radius 3 is 2.50 bits per heavy atom. The number of carbonyl (C=O) groups excluding carboxylic acids is 1. The predicted molar refractivity (Wildman–Crippen MR) is 81.4 cm³/mol. The zero-order valence-corrected chi connectivity index (χ0v) is 12.3. The summed E-state index contributed by atoms with van der Waals surface area (Å²) in [7, 11) is 1.62. The van der Waals surface area contributed by atoms with E-state index in [0.717, 1.165) is 11.3 Å². The van der Waals surface area contributed by atoms with Crippen LogP contribution < -0.4 is 10.1 Å². The zero-order chi connectivity index (χ0) is 15.8. The second-order valence-corrected chi connectivity index (χ2v) is 4.65. The molecule has 0 radical (unpaired) electrons. The number of ether oxygens (including phenoxy) is 2. The quantitative estimate of drug-likeness (QED) is 0.800. The van der Waals surface area contributed by atoms with Gasteiger partial charge in [-0.25, -0.2) is 4.39 Å². The minimum absolute atomic E-state index is 0.0435. The number of halogens is 1. The highest BCUT2D eigenvalue weighted by Gasteiger charge is 2.09. The van der Waals surface area contributed by atoms with Crippen LogP contribution in [0.25, 0.3) is 0 Å². The first kappa shape index (κ1) is 16.0. The van der Waals surface area contributed by atoms with Crippen LogP contribution in [-0.2, 0) is 11.3 Å². The molecule has 2 aromatic rings. The molecule has 0 aliphatic heterocycles. The molecule has 0 heterocycles. The molecule has 1 N–H and O–H groups in total. The summed E-state index contributed by atoms with van der Waals surface area (Å²) in [6.45, 7) is 1.34. The van der Waals surface area contributed by atoms with Crippen molar-refractivity contribution in [2.75, 3.05) is 20.3 Å². The van der Waals surface area contributed by atoms with Gasteiger partial charge in [-0.15, -0.1) is 0 Å². The number of rotatable bonds is 7. The molecule has 0 aliphatic rings. The van der Waals surface area contributed by atoms with E-state index in [0.29, 0.717) is 19.8 Å². The van der Waals surface area contributed by atoms with E-state index in [1.807, 2.05) is 24.3 Å². The lowest BCUT2D eigenvalue weighted by molar-refractivity contribution is 0.0947. The normalized spacial score (nSPS) is 10.3. The number of amides is 1. The lowest BCUT2D eigenvalue weighted by atomic mass is 10.2. The molecule has 0 spiro atoms. The van der Waals surface area contributed by atoms with E-state index in [1.165, 1.54) is 12.1 Å². The first-order chi connectivity index (χ1) is 10.7. The summed E-state index contributed by atoms with van der Waals surface area (Å²) in [6.07, 6.45) is 0. The van der Waals surface area contributed by atoms with Crippen LogP contribution in [0.5, 0.6) is 5.75 Å². The number of methoxy groups -OCH3 is 1. The Morgan fingerprint density at radius 2 is 1.82 bits per heavy atom. The number of carbonyl (C=O) groups is 1. The van der Waals surface area contributed by atoms with Gasteiger partial charge in [0.1, 0.15) is 18.2 Å². The summed E-state index contributed by atoms with van der Waals surface area (Å²) in [5.74, 6) is -0.221. The predicted octanol–water partition coefficient (Wildman–Crippen LogP) is 2.78. The van der Waals surface area contributed by atoms with Crippen LogP contribution in [0.2, 0.25) is 0 Å². The summed E-state index contributed by atoms with van der Waals surface area (Å²) in [5.41, 5.74) is 0.950. The lowest BCUT2D eigenvalue weighted by Crippen LogP contribution is -2.23. The number of hydrogen-bond acceptors (Lipinski definition) is 3. The second kappa shape index (κ2) is 8.14. The molecule has 0 aromatic heterocycles. The maximum atomic E-state index is 13.5. The van der Waals surface area contributed by atoms with Gasteiger partial charge in [0.05, 0.1) is 12.2 Å². The molecular weight excluding hydrogens is 285 g/mol. The molecule has 1 amide bonds. The minimum Gasteiger partial charge on any atom is -0.491 e. The maximum Gasteiger partial charge on any atom is 0.254 e. The van der Waals surface area contributed by atoms with E-state index in [4.69, 9.17) is 9.47 Å². The van der Waals surface area contributed by atoms with Crippen molar-refractivity contribution in [3.8, 4) is 5.75 Å². The Labute approximate surface area is 128 Å². The molecule has 0 saturated heterocycles. The molecule has 0 saturated carbocycles. The molecule has 0 atom stereocenters. The molecule has 0 aliphatic carbocycles. The molecule has 116 valence electrons. The van der Waals surface area contributed by atoms with Gasteiger partial charge in [-0.1, -0.05) is 24.3 Å². The molecule has 0 unspecified atom stereocenters. The van der Waals surface area contributed by atoms with Gasteiger partial charge in [-0.2, -0.15) is 0 Å². The van der Waals surface area contributed by atoms with E-state index in [-0.39, 0.29) is 5.56 Å². The van der Waals surface area contributed by atoms with Crippen molar-refractivity contribution in [2.24, 2.45) is 0 Å². The minimum atomic E-state index is -0.526. The number of nitrogens with one attached hydrogen (secondary N) is 1. The highest BCUT2D eigenvalue weighted by molar-refractivity contribution is 5.94. The smallest absolute Gasteiger partial charge is 0.254 e. The molecule has 5 heteroatoms. The average molecular weight is 303 g/mol. The van der Waals surface area contributed by atoms with Crippen molar-refractivity contribution < 1.29 is 18.7 Å². The van der Waals surface area contributed by atoms with Gasteiger partial charge in [0.25, 0.3) is 5.91 Å². The van der Waals surface area contributed by atoms with Crippen molar-refractivity contribution in [3.05, 3.63) is 65.5 Å². The molecule has 22 heavy (non-hydrogen) atoms. The van der Waals surface area contributed by atoms with Crippen molar-refractivity contribution in [3.63, 3.8) is 0 Å². The Kier molecular flexibility index (Phi) is 5.91. The molecule has 0 bridgehead atoms. The van der Waals surface area contributed by atoms with Gasteiger partial charge in [-0.3, -0.25) is 4.79 Å². The van der Waals surface area contributed by atoms with Crippen LogP contribution in [0.3, 0.4) is 0 Å². The third-order valence-electron chi connectivity index (χ3n) is 3.05. The summed E-state index contributed by atoms with van der Waals surface area (Å²) in [4.78, 5) is 11.9. The van der Waals surface area contributed by atoms with Crippen LogP contribution in [0.15, 0.2) is 48.5 Å². The summed E-state index contributed by atoms with van der Waals surface area (Å²) in [6, 6.07) is 13.2. The first-order valence-electron chi connectivity index (χ1n) is 6.94. The topological polar surface area (TPSA) is 47.6 Å². The monoisotopic (exact) mass is 303 g/mol. The van der Waals surface area contributed by atoms with E-state index in [9.17, 15) is 9.18 Å². The maximum absolute atomic E-state index is 13.5. The Hall–Kier alpha value is -2.40. The second-order valence-electron chi connectivity index (χ2n) is 4.65. The van der Waals surface area contributed by atoms with Crippen LogP contribution in [0, 0.1) is 5.82 Å². The van der Waals surface area contributed by atoms with Crippen molar-refractivity contribution in [2.45, 2.75) is 6.54 Å². The Balaban J connectivity index is 1.86. The van der Waals surface area contributed by atoms with Crippen molar-refractivity contribution in [1.29, 1.82) is 0 Å². The fourth-order valence-corrected chi connectivity index (χ4v) is 1.87. The number of hydrogen-bond donors (Lipinski definition) is 1. The molecule has 0 fully saturated rings. The largest absolute Gasteiger partial charge is 0.491 e. The lowest BCUT2D eigenvalue weighted by Gasteiger charge is -2.08. The van der Waals surface area contributed by atoms with Crippen LogP contribution in [-0.4, -0.2) is 26.2 Å². The summed E-state index contributed by atoms with van der Waals surface area (Å²) >= 11 is 0. The van der Waals surface area contributed by atoms with E-state index in [1.54, 1.807) is 19.2 Å². The van der Waals surface area contributed by atoms with Gasteiger partial charge < -0.3 is 14.8 Å². The fourth-order valence-electron chi connectivity index (χ4n) is 1.87. The highest BCUT2D eigenvalue weighted by Crippen LogP contribution is 2.12. The SMILES string of the molecule is COCCOc1ccc(CNC(=O)c2ccccc2F)cc1. The fraction of sp³-hybridized carbons (Fsp3) is 0.235. The molecule has 2 rings (SSSR count). The van der Waals surface area contributed by atoms with E-state index >= 15 is 0 Å². The molecular formula is C17H18FNO3. The van der Waals surface area contributed by atoms with Crippen LogP contribution in [0.1, 0.15) is 15.9 Å². The van der Waals surface area contributed by atoms with Crippen molar-refractivity contribution >= 4 is 5.91 Å². The zero-order valence-electron chi connectivity index (χ0n) is 12.3. The van der Waals surface area contributed by atoms with Crippen molar-refractivity contribution in [1.82, 2.24) is 5.32 Å². The number of benzene rings is 2. The van der Waals surface area contributed by atoms with Gasteiger partial charge in [0, 0.05) is 13.7 Å². The van der Waals surface area contributed by atoms with Crippen LogP contribution >= 0.6 is 0 Å². The van der Waals surface area contributed by atoms with Gasteiger partial charge >= 0.3 is 0 Å². The summed E-state index contributed by atoms with van der Waals surface area (Å²) in [5, 5.41) is 2.69. The van der Waals surface area contributed by atoms with E-state index in [2.05, 4.69) is 5.32 Å². The summed E-state index contributed by atoms with van der Waals surface area (Å²) < 4.78 is 23.8. The third-order valence-corrected chi connectivity index (χ3v) is 3.05. The standard InChI is InChI=1S/C17H18FNO3/c1-21-10-11-22-14-8-6-13(7-9-14)12-19-17(20)15-4-2-3-5-16(15)18/h2-9H,10-12H2,1H3,(H,19,20). The van der Waals surface area contributed by atoms with E-state index < -0.39 is 11.7 Å².